The third-order valence-electron chi connectivity index (χ3n) is 3.38. The van der Waals surface area contributed by atoms with E-state index in [0.29, 0.717) is 12.0 Å². The maximum atomic E-state index is 5.48. The molecule has 0 saturated carbocycles. The molecule has 2 heteroatoms. The zero-order chi connectivity index (χ0) is 10.1. The molecule has 1 aliphatic heterocycles. The van der Waals surface area contributed by atoms with Crippen molar-refractivity contribution in [2.24, 2.45) is 5.92 Å². The molecule has 0 aromatic rings. The largest absolute Gasteiger partial charge is 0.379 e. The first-order valence-electron chi connectivity index (χ1n) is 4.81. The van der Waals surface area contributed by atoms with Crippen LogP contribution < -0.4 is 0 Å². The summed E-state index contributed by atoms with van der Waals surface area (Å²) in [4.78, 5) is 2.08. The van der Waals surface area contributed by atoms with Gasteiger partial charge in [-0.3, -0.25) is 0 Å². The maximum Gasteiger partial charge on any atom is 0.0776 e. The third-order valence-corrected chi connectivity index (χ3v) is 3.38. The van der Waals surface area contributed by atoms with Gasteiger partial charge in [0.15, 0.2) is 0 Å². The Labute approximate surface area is 81.3 Å². The molecule has 0 aliphatic carbocycles. The van der Waals surface area contributed by atoms with Crippen LogP contribution in [0.2, 0.25) is 0 Å². The van der Waals surface area contributed by atoms with Gasteiger partial charge in [0.2, 0.25) is 0 Å². The van der Waals surface area contributed by atoms with Crippen LogP contribution in [0.25, 0.3) is 0 Å². The highest BCUT2D eigenvalue weighted by atomic mass is 16.5. The van der Waals surface area contributed by atoms with Gasteiger partial charge in [0.1, 0.15) is 0 Å². The van der Waals surface area contributed by atoms with E-state index in [9.17, 15) is 0 Å². The van der Waals surface area contributed by atoms with Gasteiger partial charge in [-0.2, -0.15) is 0 Å². The number of nitrogens with zero attached hydrogens (tertiary/aromatic N) is 1. The molecule has 0 N–H and O–H groups in total. The number of hydrogen-bond donors (Lipinski definition) is 0. The molecular formula is C11H19NO. The second-order valence-electron chi connectivity index (χ2n) is 4.31. The van der Waals surface area contributed by atoms with Crippen molar-refractivity contribution in [3.8, 4) is 12.5 Å². The van der Waals surface area contributed by atoms with E-state index in [4.69, 9.17) is 11.2 Å². The van der Waals surface area contributed by atoms with Gasteiger partial charge < -0.3 is 9.64 Å². The number of terminal acetylenes is 1. The fourth-order valence-corrected chi connectivity index (χ4v) is 1.95. The first-order chi connectivity index (χ1) is 6.04. The molecule has 2 nitrogen and oxygen atoms in total. The average molecular weight is 181 g/mol. The van der Waals surface area contributed by atoms with Crippen LogP contribution in [-0.2, 0) is 4.74 Å². The SMILES string of the molecule is C#CN1CC(OC)CC1(C)C(C)C. The summed E-state index contributed by atoms with van der Waals surface area (Å²) in [6.45, 7) is 7.50. The van der Waals surface area contributed by atoms with E-state index in [-0.39, 0.29) is 5.54 Å². The van der Waals surface area contributed by atoms with Gasteiger partial charge in [0, 0.05) is 13.2 Å². The van der Waals surface area contributed by atoms with E-state index in [1.165, 1.54) is 0 Å². The van der Waals surface area contributed by atoms with Crippen molar-refractivity contribution in [2.45, 2.75) is 38.8 Å². The highest BCUT2D eigenvalue weighted by Crippen LogP contribution is 2.35. The molecule has 1 heterocycles. The fourth-order valence-electron chi connectivity index (χ4n) is 1.95. The molecule has 1 saturated heterocycles. The van der Waals surface area contributed by atoms with Crippen LogP contribution in [-0.4, -0.2) is 30.2 Å². The molecule has 1 rings (SSSR count). The highest BCUT2D eigenvalue weighted by molar-refractivity contribution is 5.06. The zero-order valence-electron chi connectivity index (χ0n) is 9.00. The molecule has 0 radical (unpaired) electrons. The Morgan fingerprint density at radius 1 is 1.62 bits per heavy atom. The summed E-state index contributed by atoms with van der Waals surface area (Å²) in [6, 6.07) is 2.75. The molecule has 0 amide bonds. The standard InChI is InChI=1S/C11H19NO/c1-6-12-8-10(13-5)7-11(12,4)9(2)3/h1,9-10H,7-8H2,2-5H3. The first kappa shape index (κ1) is 10.4. The van der Waals surface area contributed by atoms with E-state index in [0.717, 1.165) is 13.0 Å². The van der Waals surface area contributed by atoms with E-state index in [1.807, 2.05) is 0 Å². The molecule has 0 bridgehead atoms. The average Bonchev–Trinajstić information content (AvgIpc) is 2.43. The Hall–Kier alpha value is -0.680. The summed E-state index contributed by atoms with van der Waals surface area (Å²) < 4.78 is 5.35. The van der Waals surface area contributed by atoms with Gasteiger partial charge in [0.05, 0.1) is 18.2 Å². The van der Waals surface area contributed by atoms with Crippen LogP contribution in [0.15, 0.2) is 0 Å². The van der Waals surface area contributed by atoms with Crippen LogP contribution in [0.5, 0.6) is 0 Å². The number of methoxy groups -OCH3 is 1. The van der Waals surface area contributed by atoms with Crippen LogP contribution in [0, 0.1) is 18.4 Å². The lowest BCUT2D eigenvalue weighted by Crippen LogP contribution is -2.42. The summed E-state index contributed by atoms with van der Waals surface area (Å²) >= 11 is 0. The van der Waals surface area contributed by atoms with Crippen LogP contribution in [0.1, 0.15) is 27.2 Å². The Morgan fingerprint density at radius 2 is 2.23 bits per heavy atom. The summed E-state index contributed by atoms with van der Waals surface area (Å²) in [5, 5.41) is 0. The minimum atomic E-state index is 0.107. The lowest BCUT2D eigenvalue weighted by Gasteiger charge is -2.35. The number of rotatable bonds is 2. The van der Waals surface area contributed by atoms with Gasteiger partial charge in [0.25, 0.3) is 0 Å². The van der Waals surface area contributed by atoms with Crippen molar-refractivity contribution in [1.29, 1.82) is 0 Å². The topological polar surface area (TPSA) is 12.5 Å². The highest BCUT2D eigenvalue weighted by Gasteiger charge is 2.43. The molecule has 0 spiro atoms. The molecule has 0 aromatic carbocycles. The molecule has 0 aromatic heterocycles. The van der Waals surface area contributed by atoms with Crippen molar-refractivity contribution < 1.29 is 4.74 Å². The molecular weight excluding hydrogens is 162 g/mol. The van der Waals surface area contributed by atoms with Crippen molar-refractivity contribution in [1.82, 2.24) is 4.90 Å². The molecule has 1 fully saturated rings. The second-order valence-corrected chi connectivity index (χ2v) is 4.31. The van der Waals surface area contributed by atoms with E-state index >= 15 is 0 Å². The Kier molecular flexibility index (Phi) is 2.87. The molecule has 13 heavy (non-hydrogen) atoms. The van der Waals surface area contributed by atoms with Gasteiger partial charge in [-0.05, 0) is 19.3 Å². The second kappa shape index (κ2) is 3.59. The normalized spacial score (nSPS) is 33.8. The minimum Gasteiger partial charge on any atom is -0.379 e. The number of ether oxygens (including phenoxy) is 1. The predicted molar refractivity (Wildman–Crippen MR) is 54.2 cm³/mol. The fraction of sp³-hybridized carbons (Fsp3) is 0.818. The molecule has 2 unspecified atom stereocenters. The quantitative estimate of drug-likeness (QED) is 0.601. The van der Waals surface area contributed by atoms with Gasteiger partial charge in [-0.15, -0.1) is 0 Å². The third kappa shape index (κ3) is 1.66. The lowest BCUT2D eigenvalue weighted by atomic mass is 9.86. The molecule has 74 valence electrons. The Balaban J connectivity index is 2.80. The van der Waals surface area contributed by atoms with Gasteiger partial charge in [-0.1, -0.05) is 20.3 Å². The Bertz CT molecular complexity index is 219. The van der Waals surface area contributed by atoms with Crippen LogP contribution in [0.4, 0.5) is 0 Å². The van der Waals surface area contributed by atoms with E-state index in [2.05, 4.69) is 31.7 Å². The number of hydrogen-bond acceptors (Lipinski definition) is 2. The van der Waals surface area contributed by atoms with Gasteiger partial charge in [-0.25, -0.2) is 0 Å². The van der Waals surface area contributed by atoms with Crippen molar-refractivity contribution >= 4 is 0 Å². The van der Waals surface area contributed by atoms with E-state index < -0.39 is 0 Å². The predicted octanol–water partition coefficient (Wildman–Crippen LogP) is 1.71. The smallest absolute Gasteiger partial charge is 0.0776 e. The summed E-state index contributed by atoms with van der Waals surface area (Å²) in [6.07, 6.45) is 6.81. The molecule has 1 aliphatic rings. The van der Waals surface area contributed by atoms with E-state index in [1.54, 1.807) is 7.11 Å². The van der Waals surface area contributed by atoms with Crippen molar-refractivity contribution in [3.05, 3.63) is 0 Å². The minimum absolute atomic E-state index is 0.107. The van der Waals surface area contributed by atoms with Crippen molar-refractivity contribution in [3.63, 3.8) is 0 Å². The summed E-state index contributed by atoms with van der Waals surface area (Å²) in [5.41, 5.74) is 0.107. The maximum absolute atomic E-state index is 5.48. The van der Waals surface area contributed by atoms with Gasteiger partial charge >= 0.3 is 0 Å². The lowest BCUT2D eigenvalue weighted by molar-refractivity contribution is 0.109. The van der Waals surface area contributed by atoms with Crippen LogP contribution in [0.3, 0.4) is 0 Å². The number of likely N-dealkylation sites (tertiary alicyclic amines) is 1. The zero-order valence-corrected chi connectivity index (χ0v) is 9.00. The Morgan fingerprint density at radius 3 is 2.54 bits per heavy atom. The molecule has 2 atom stereocenters. The summed E-state index contributed by atoms with van der Waals surface area (Å²) in [7, 11) is 1.76. The monoisotopic (exact) mass is 181 g/mol. The first-order valence-corrected chi connectivity index (χ1v) is 4.81. The van der Waals surface area contributed by atoms with Crippen LogP contribution >= 0.6 is 0 Å². The summed E-state index contributed by atoms with van der Waals surface area (Å²) in [5.74, 6) is 0.559. The van der Waals surface area contributed by atoms with Crippen molar-refractivity contribution in [2.75, 3.05) is 13.7 Å².